The minimum absolute atomic E-state index is 1.00. The third kappa shape index (κ3) is 1.20. The van der Waals surface area contributed by atoms with E-state index >= 15 is 0 Å². The van der Waals surface area contributed by atoms with E-state index in [0.717, 1.165) is 13.1 Å². The number of benzene rings is 1. The van der Waals surface area contributed by atoms with Crippen LogP contribution in [0.3, 0.4) is 0 Å². The number of anilines is 2. The fourth-order valence-electron chi connectivity index (χ4n) is 1.24. The summed E-state index contributed by atoms with van der Waals surface area (Å²) in [7, 11) is 0. The Labute approximate surface area is 74.5 Å². The molecule has 11 heavy (non-hydrogen) atoms. The van der Waals surface area contributed by atoms with Crippen molar-refractivity contribution in [2.75, 3.05) is 22.3 Å². The highest BCUT2D eigenvalue weighted by atomic mass is 79.9. The largest absolute Gasteiger partial charge is 0.382 e. The Morgan fingerprint density at radius 1 is 1.36 bits per heavy atom. The van der Waals surface area contributed by atoms with Gasteiger partial charge in [-0.15, -0.1) is 0 Å². The van der Waals surface area contributed by atoms with Crippen molar-refractivity contribution < 1.29 is 0 Å². The van der Waals surface area contributed by atoms with E-state index in [1.165, 1.54) is 11.4 Å². The Hall–Kier alpha value is -0.700. The highest BCUT2D eigenvalue weighted by Gasteiger charge is 2.11. The van der Waals surface area contributed by atoms with E-state index in [1.54, 1.807) is 0 Å². The highest BCUT2D eigenvalue weighted by molar-refractivity contribution is 9.10. The molecule has 1 aromatic carbocycles. The fraction of sp³-hybridized carbons (Fsp3) is 0.250. The molecule has 1 heterocycles. The van der Waals surface area contributed by atoms with Crippen molar-refractivity contribution in [1.29, 1.82) is 0 Å². The molecule has 0 aromatic heterocycles. The molecular formula is C8H9BrN2. The first-order valence-corrected chi connectivity index (χ1v) is 4.35. The van der Waals surface area contributed by atoms with Gasteiger partial charge in [0.2, 0.25) is 0 Å². The number of nitrogens with zero attached hydrogens (tertiary/aromatic N) is 1. The summed E-state index contributed by atoms with van der Waals surface area (Å²) in [5.41, 5.74) is 2.43. The summed E-state index contributed by atoms with van der Waals surface area (Å²) in [6.45, 7) is 2.01. The van der Waals surface area contributed by atoms with Crippen molar-refractivity contribution in [3.63, 3.8) is 0 Å². The summed E-state index contributed by atoms with van der Waals surface area (Å²) in [5, 5.41) is 3.32. The van der Waals surface area contributed by atoms with Crippen LogP contribution in [-0.2, 0) is 0 Å². The second kappa shape index (κ2) is 2.74. The topological polar surface area (TPSA) is 15.3 Å². The van der Waals surface area contributed by atoms with Gasteiger partial charge in [-0.05, 0) is 12.1 Å². The van der Waals surface area contributed by atoms with Gasteiger partial charge in [0.05, 0.1) is 11.4 Å². The smallest absolute Gasteiger partial charge is 0.0703 e. The molecule has 0 spiro atoms. The van der Waals surface area contributed by atoms with Crippen LogP contribution in [0.15, 0.2) is 24.3 Å². The van der Waals surface area contributed by atoms with Gasteiger partial charge < -0.3 is 9.24 Å². The van der Waals surface area contributed by atoms with Gasteiger partial charge in [-0.2, -0.15) is 0 Å². The van der Waals surface area contributed by atoms with E-state index < -0.39 is 0 Å². The summed E-state index contributed by atoms with van der Waals surface area (Å²) in [6, 6.07) is 8.26. The van der Waals surface area contributed by atoms with E-state index in [0.29, 0.717) is 0 Å². The van der Waals surface area contributed by atoms with Crippen molar-refractivity contribution in [3.05, 3.63) is 24.3 Å². The first-order valence-electron chi connectivity index (χ1n) is 3.64. The van der Waals surface area contributed by atoms with E-state index in [-0.39, 0.29) is 0 Å². The average Bonchev–Trinajstić information content (AvgIpc) is 2.06. The number of rotatable bonds is 0. The van der Waals surface area contributed by atoms with Gasteiger partial charge in [0, 0.05) is 29.2 Å². The molecule has 2 nitrogen and oxygen atoms in total. The number of nitrogens with one attached hydrogen (secondary N) is 1. The third-order valence-corrected chi connectivity index (χ3v) is 2.53. The Morgan fingerprint density at radius 3 is 3.00 bits per heavy atom. The van der Waals surface area contributed by atoms with Gasteiger partial charge in [0.15, 0.2) is 0 Å². The molecule has 1 aromatic rings. The predicted octanol–water partition coefficient (Wildman–Crippen LogP) is 2.23. The lowest BCUT2D eigenvalue weighted by Crippen LogP contribution is -2.25. The number of halogens is 1. The van der Waals surface area contributed by atoms with Crippen LogP contribution in [0, 0.1) is 0 Å². The Bertz CT molecular complexity index is 262. The maximum Gasteiger partial charge on any atom is 0.0703 e. The molecule has 1 N–H and O–H groups in total. The van der Waals surface area contributed by atoms with Crippen LogP contribution in [0.4, 0.5) is 11.4 Å². The standard InChI is InChI=1S/C8H9BrN2/c9-11-6-5-10-7-3-1-2-4-8(7)11/h1-4,10H,5-6H2. The lowest BCUT2D eigenvalue weighted by molar-refractivity contribution is 0.992. The van der Waals surface area contributed by atoms with Crippen LogP contribution in [0.5, 0.6) is 0 Å². The minimum atomic E-state index is 1.00. The molecule has 58 valence electrons. The number of fused-ring (bicyclic) bond motifs is 1. The normalized spacial score (nSPS) is 15.5. The van der Waals surface area contributed by atoms with Crippen molar-refractivity contribution in [2.24, 2.45) is 0 Å². The fourth-order valence-corrected chi connectivity index (χ4v) is 1.73. The minimum Gasteiger partial charge on any atom is -0.382 e. The number of hydrogen-bond acceptors (Lipinski definition) is 2. The third-order valence-electron chi connectivity index (χ3n) is 1.79. The zero-order valence-electron chi connectivity index (χ0n) is 6.05. The summed E-state index contributed by atoms with van der Waals surface area (Å²) in [6.07, 6.45) is 0. The van der Waals surface area contributed by atoms with Crippen LogP contribution in [0.25, 0.3) is 0 Å². The van der Waals surface area contributed by atoms with Gasteiger partial charge in [-0.1, -0.05) is 12.1 Å². The Morgan fingerprint density at radius 2 is 2.18 bits per heavy atom. The monoisotopic (exact) mass is 212 g/mol. The van der Waals surface area contributed by atoms with Crippen molar-refractivity contribution in [1.82, 2.24) is 0 Å². The number of hydrogen-bond donors (Lipinski definition) is 1. The van der Waals surface area contributed by atoms with Gasteiger partial charge in [0.25, 0.3) is 0 Å². The molecule has 0 unspecified atom stereocenters. The van der Waals surface area contributed by atoms with Gasteiger partial charge >= 0.3 is 0 Å². The van der Waals surface area contributed by atoms with E-state index in [2.05, 4.69) is 37.5 Å². The molecule has 0 atom stereocenters. The lowest BCUT2D eigenvalue weighted by atomic mass is 10.2. The second-order valence-corrected chi connectivity index (χ2v) is 3.39. The molecule has 0 bridgehead atoms. The molecule has 0 fully saturated rings. The molecular weight excluding hydrogens is 204 g/mol. The maximum atomic E-state index is 3.48. The molecule has 0 saturated carbocycles. The zero-order chi connectivity index (χ0) is 7.68. The van der Waals surface area contributed by atoms with Crippen LogP contribution in [-0.4, -0.2) is 13.1 Å². The van der Waals surface area contributed by atoms with E-state index in [4.69, 9.17) is 0 Å². The second-order valence-electron chi connectivity index (χ2n) is 2.53. The van der Waals surface area contributed by atoms with Crippen LogP contribution < -0.4 is 9.24 Å². The highest BCUT2D eigenvalue weighted by Crippen LogP contribution is 2.29. The average molecular weight is 213 g/mol. The molecule has 0 amide bonds. The summed E-state index contributed by atoms with van der Waals surface area (Å²) >= 11 is 3.48. The molecule has 0 saturated heterocycles. The summed E-state index contributed by atoms with van der Waals surface area (Å²) < 4.78 is 2.08. The maximum absolute atomic E-state index is 3.48. The van der Waals surface area contributed by atoms with Crippen LogP contribution in [0.1, 0.15) is 0 Å². The Balaban J connectivity index is 2.44. The van der Waals surface area contributed by atoms with Crippen molar-refractivity contribution in [3.8, 4) is 0 Å². The SMILES string of the molecule is BrN1CCNc2ccccc21. The summed E-state index contributed by atoms with van der Waals surface area (Å²) in [4.78, 5) is 0. The first kappa shape index (κ1) is 6.98. The molecule has 0 radical (unpaired) electrons. The lowest BCUT2D eigenvalue weighted by Gasteiger charge is -2.25. The molecule has 1 aliphatic heterocycles. The van der Waals surface area contributed by atoms with E-state index in [9.17, 15) is 0 Å². The Kier molecular flexibility index (Phi) is 1.74. The van der Waals surface area contributed by atoms with Crippen molar-refractivity contribution >= 4 is 27.5 Å². The first-order chi connectivity index (χ1) is 5.38. The van der Waals surface area contributed by atoms with Crippen LogP contribution >= 0.6 is 16.1 Å². The van der Waals surface area contributed by atoms with E-state index in [1.807, 2.05) is 12.1 Å². The predicted molar refractivity (Wildman–Crippen MR) is 51.2 cm³/mol. The number of para-hydroxylation sites is 2. The summed E-state index contributed by atoms with van der Waals surface area (Å²) in [5.74, 6) is 0. The molecule has 3 heteroatoms. The zero-order valence-corrected chi connectivity index (χ0v) is 7.63. The van der Waals surface area contributed by atoms with Gasteiger partial charge in [-0.3, -0.25) is 0 Å². The molecule has 2 rings (SSSR count). The molecule has 0 aliphatic carbocycles. The quantitative estimate of drug-likeness (QED) is 0.664. The van der Waals surface area contributed by atoms with Crippen LogP contribution in [0.2, 0.25) is 0 Å². The van der Waals surface area contributed by atoms with Crippen molar-refractivity contribution in [2.45, 2.75) is 0 Å². The van der Waals surface area contributed by atoms with Gasteiger partial charge in [0.1, 0.15) is 0 Å². The molecule has 1 aliphatic rings. The van der Waals surface area contributed by atoms with Gasteiger partial charge in [-0.25, -0.2) is 0 Å².